The van der Waals surface area contributed by atoms with Crippen LogP contribution in [-0.2, 0) is 9.53 Å². The van der Waals surface area contributed by atoms with Crippen LogP contribution in [0.4, 0.5) is 16.2 Å². The Bertz CT molecular complexity index is 1200. The van der Waals surface area contributed by atoms with Gasteiger partial charge >= 0.3 is 12.1 Å². The van der Waals surface area contributed by atoms with E-state index in [9.17, 15) is 19.7 Å². The maximum absolute atomic E-state index is 12.5. The molecule has 3 aromatic carbocycles. The van der Waals surface area contributed by atoms with Gasteiger partial charge in [0.25, 0.3) is 5.69 Å². The number of anilines is 1. The molecule has 0 fully saturated rings. The van der Waals surface area contributed by atoms with Crippen LogP contribution in [0.1, 0.15) is 5.56 Å². The van der Waals surface area contributed by atoms with Gasteiger partial charge < -0.3 is 14.6 Å². The van der Waals surface area contributed by atoms with Crippen molar-refractivity contribution in [3.63, 3.8) is 0 Å². The second kappa shape index (κ2) is 10.1. The molecule has 0 bridgehead atoms. The van der Waals surface area contributed by atoms with Crippen LogP contribution >= 0.6 is 0 Å². The number of amides is 1. The highest BCUT2D eigenvalue weighted by molar-refractivity contribution is 5.90. The second-order valence-electron chi connectivity index (χ2n) is 6.87. The number of aliphatic carboxylic acids is 1. The number of carboxylic acids is 1. The summed E-state index contributed by atoms with van der Waals surface area (Å²) < 4.78 is 10.1. The Hall–Kier alpha value is -4.66. The van der Waals surface area contributed by atoms with Crippen molar-refractivity contribution in [1.82, 2.24) is 0 Å². The van der Waals surface area contributed by atoms with E-state index in [1.807, 2.05) is 18.2 Å². The Labute approximate surface area is 189 Å². The highest BCUT2D eigenvalue weighted by Crippen LogP contribution is 2.26. The number of rotatable bonds is 7. The van der Waals surface area contributed by atoms with Crippen molar-refractivity contribution >= 4 is 29.5 Å². The minimum absolute atomic E-state index is 0.0984. The smallest absolute Gasteiger partial charge is 0.419 e. The zero-order valence-electron chi connectivity index (χ0n) is 17.8. The highest BCUT2D eigenvalue weighted by Gasteiger charge is 2.15. The maximum atomic E-state index is 12.5. The molecule has 0 spiro atoms. The van der Waals surface area contributed by atoms with Gasteiger partial charge in [-0.05, 0) is 47.0 Å². The molecule has 0 heterocycles. The number of nitro groups is 1. The number of nitro benzene ring substituents is 1. The predicted molar refractivity (Wildman–Crippen MR) is 122 cm³/mol. The summed E-state index contributed by atoms with van der Waals surface area (Å²) in [7, 11) is 2.85. The monoisotopic (exact) mass is 448 g/mol. The summed E-state index contributed by atoms with van der Waals surface area (Å²) >= 11 is 0. The molecule has 0 aliphatic rings. The lowest BCUT2D eigenvalue weighted by atomic mass is 10.0. The number of carbonyl (C=O) groups is 2. The number of ether oxygens (including phenoxy) is 2. The molecule has 0 atom stereocenters. The first-order valence-corrected chi connectivity index (χ1v) is 9.68. The van der Waals surface area contributed by atoms with Crippen LogP contribution < -0.4 is 9.64 Å². The van der Waals surface area contributed by atoms with Gasteiger partial charge in [-0.15, -0.1) is 0 Å². The third-order valence-corrected chi connectivity index (χ3v) is 4.73. The molecule has 33 heavy (non-hydrogen) atoms. The number of non-ortho nitro benzene ring substituents is 1. The van der Waals surface area contributed by atoms with E-state index in [1.54, 1.807) is 37.4 Å². The molecule has 1 amide bonds. The Balaban J connectivity index is 1.75. The molecule has 0 aliphatic heterocycles. The summed E-state index contributed by atoms with van der Waals surface area (Å²) in [6, 6.07) is 19.6. The van der Waals surface area contributed by atoms with Gasteiger partial charge in [-0.25, -0.2) is 9.59 Å². The van der Waals surface area contributed by atoms with Gasteiger partial charge in [0.05, 0.1) is 12.0 Å². The minimum atomic E-state index is -1.15. The van der Waals surface area contributed by atoms with Crippen LogP contribution in [-0.4, -0.2) is 36.2 Å². The Kier molecular flexibility index (Phi) is 7.04. The number of methoxy groups -OCH3 is 1. The van der Waals surface area contributed by atoms with Gasteiger partial charge in [-0.3, -0.25) is 15.0 Å². The lowest BCUT2D eigenvalue weighted by Crippen LogP contribution is -2.29. The lowest BCUT2D eigenvalue weighted by Gasteiger charge is -2.18. The van der Waals surface area contributed by atoms with E-state index in [0.717, 1.165) is 11.1 Å². The molecule has 0 aliphatic carbocycles. The first-order valence-electron chi connectivity index (χ1n) is 9.68. The van der Waals surface area contributed by atoms with Crippen LogP contribution in [0.3, 0.4) is 0 Å². The summed E-state index contributed by atoms with van der Waals surface area (Å²) in [5.74, 6) is -1.13. The third kappa shape index (κ3) is 5.73. The average molecular weight is 448 g/mol. The normalized spacial score (nSPS) is 10.9. The first-order chi connectivity index (χ1) is 15.8. The summed E-state index contributed by atoms with van der Waals surface area (Å²) in [5, 5.41) is 19.8. The number of nitrogens with zero attached hydrogens (tertiary/aromatic N) is 2. The van der Waals surface area contributed by atoms with Crippen molar-refractivity contribution in [3.8, 4) is 16.9 Å². The van der Waals surface area contributed by atoms with Crippen molar-refractivity contribution < 1.29 is 29.1 Å². The quantitative estimate of drug-likeness (QED) is 0.235. The third-order valence-electron chi connectivity index (χ3n) is 4.73. The molecule has 3 aromatic rings. The molecular weight excluding hydrogens is 428 g/mol. The fourth-order valence-electron chi connectivity index (χ4n) is 2.94. The van der Waals surface area contributed by atoms with Crippen molar-refractivity contribution in [3.05, 3.63) is 94.2 Å². The number of carbonyl (C=O) groups excluding carboxylic acids is 1. The van der Waals surface area contributed by atoms with E-state index in [0.29, 0.717) is 11.3 Å². The average Bonchev–Trinajstić information content (AvgIpc) is 2.82. The standard InChI is InChI=1S/C24H20N2O7/c1-25(24(29)33-21-12-10-19(11-13-21)26(30)31)20-5-3-4-18(15-20)17-8-6-16(7-9-17)14-22(32-2)23(27)28/h3-15H,1-2H3,(H,27,28)/b22-14+. The molecule has 168 valence electrons. The summed E-state index contributed by atoms with van der Waals surface area (Å²) in [4.78, 5) is 35.1. The fourth-order valence-corrected chi connectivity index (χ4v) is 2.94. The van der Waals surface area contributed by atoms with Crippen LogP contribution in [0, 0.1) is 10.1 Å². The summed E-state index contributed by atoms with van der Waals surface area (Å²) in [5.41, 5.74) is 2.84. The van der Waals surface area contributed by atoms with Gasteiger partial charge in [0.15, 0.2) is 0 Å². The van der Waals surface area contributed by atoms with Gasteiger partial charge in [0.1, 0.15) is 5.75 Å². The van der Waals surface area contributed by atoms with Crippen molar-refractivity contribution in [2.45, 2.75) is 0 Å². The number of benzene rings is 3. The van der Waals surface area contributed by atoms with E-state index >= 15 is 0 Å². The van der Waals surface area contributed by atoms with E-state index in [1.165, 1.54) is 42.4 Å². The van der Waals surface area contributed by atoms with Crippen molar-refractivity contribution in [1.29, 1.82) is 0 Å². The number of carboxylic acid groups (broad SMARTS) is 1. The Morgan fingerprint density at radius 2 is 1.67 bits per heavy atom. The zero-order valence-corrected chi connectivity index (χ0v) is 17.8. The molecule has 3 rings (SSSR count). The van der Waals surface area contributed by atoms with Crippen LogP contribution in [0.15, 0.2) is 78.6 Å². The maximum Gasteiger partial charge on any atom is 0.419 e. The van der Waals surface area contributed by atoms with Crippen molar-refractivity contribution in [2.24, 2.45) is 0 Å². The number of hydrogen-bond acceptors (Lipinski definition) is 6. The molecule has 0 saturated heterocycles. The predicted octanol–water partition coefficient (Wildman–Crippen LogP) is 4.97. The summed E-state index contributed by atoms with van der Waals surface area (Å²) in [6.45, 7) is 0. The van der Waals surface area contributed by atoms with E-state index in [2.05, 4.69) is 0 Å². The van der Waals surface area contributed by atoms with Crippen molar-refractivity contribution in [2.75, 3.05) is 19.1 Å². The minimum Gasteiger partial charge on any atom is -0.490 e. The van der Waals surface area contributed by atoms with Crippen LogP contribution in [0.5, 0.6) is 5.75 Å². The molecular formula is C24H20N2O7. The largest absolute Gasteiger partial charge is 0.490 e. The van der Waals surface area contributed by atoms with E-state index in [-0.39, 0.29) is 17.2 Å². The van der Waals surface area contributed by atoms with E-state index in [4.69, 9.17) is 14.6 Å². The Morgan fingerprint density at radius 1 is 1.00 bits per heavy atom. The molecule has 0 aromatic heterocycles. The zero-order chi connectivity index (χ0) is 24.0. The molecule has 1 N–H and O–H groups in total. The molecule has 0 radical (unpaired) electrons. The topological polar surface area (TPSA) is 119 Å². The second-order valence-corrected chi connectivity index (χ2v) is 6.87. The fraction of sp³-hybridized carbons (Fsp3) is 0.0833. The van der Waals surface area contributed by atoms with Gasteiger partial charge in [-0.1, -0.05) is 36.4 Å². The van der Waals surface area contributed by atoms with E-state index < -0.39 is 17.0 Å². The summed E-state index contributed by atoms with van der Waals surface area (Å²) in [6.07, 6.45) is 0.770. The molecule has 9 heteroatoms. The highest BCUT2D eigenvalue weighted by atomic mass is 16.6. The van der Waals surface area contributed by atoms with Gasteiger partial charge in [-0.2, -0.15) is 0 Å². The molecule has 0 saturated carbocycles. The van der Waals surface area contributed by atoms with Crippen LogP contribution in [0.2, 0.25) is 0 Å². The SMILES string of the molecule is CO/C(=C/c1ccc(-c2cccc(N(C)C(=O)Oc3ccc([N+](=O)[O-])cc3)c2)cc1)C(=O)O. The first kappa shape index (κ1) is 23.0. The van der Waals surface area contributed by atoms with Crippen LogP contribution in [0.25, 0.3) is 17.2 Å². The Morgan fingerprint density at radius 3 is 2.24 bits per heavy atom. The number of hydrogen-bond donors (Lipinski definition) is 1. The van der Waals surface area contributed by atoms with Gasteiger partial charge in [0.2, 0.25) is 5.76 Å². The molecule has 0 unspecified atom stereocenters. The van der Waals surface area contributed by atoms with Gasteiger partial charge in [0, 0.05) is 24.9 Å². The lowest BCUT2D eigenvalue weighted by molar-refractivity contribution is -0.384. The molecule has 9 nitrogen and oxygen atoms in total.